The lowest BCUT2D eigenvalue weighted by Gasteiger charge is -2.34. The fourth-order valence-electron chi connectivity index (χ4n) is 2.68. The molecule has 0 amide bonds. The van der Waals surface area contributed by atoms with Crippen LogP contribution in [0.25, 0.3) is 0 Å². The third kappa shape index (κ3) is 2.96. The van der Waals surface area contributed by atoms with E-state index in [4.69, 9.17) is 0 Å². The summed E-state index contributed by atoms with van der Waals surface area (Å²) in [6.45, 7) is 4.21. The summed E-state index contributed by atoms with van der Waals surface area (Å²) in [5.74, 6) is 0.979. The number of nitrogens with zero attached hydrogens (tertiary/aromatic N) is 4. The van der Waals surface area contributed by atoms with Crippen LogP contribution in [0.4, 0.5) is 5.82 Å². The Kier molecular flexibility index (Phi) is 3.92. The number of piperidine rings is 1. The Hall–Kier alpha value is -1.95. The van der Waals surface area contributed by atoms with E-state index in [-0.39, 0.29) is 0 Å². The lowest BCUT2D eigenvalue weighted by molar-refractivity contribution is 0.377. The number of H-pyrrole nitrogens is 1. The number of nitrogens with one attached hydrogen (secondary N) is 2. The predicted octanol–water partition coefficient (Wildman–Crippen LogP) is 1.52. The van der Waals surface area contributed by atoms with E-state index in [2.05, 4.69) is 37.3 Å². The van der Waals surface area contributed by atoms with E-state index < -0.39 is 0 Å². The van der Waals surface area contributed by atoms with Gasteiger partial charge in [-0.25, -0.2) is 4.98 Å². The highest BCUT2D eigenvalue weighted by molar-refractivity contribution is 5.36. The van der Waals surface area contributed by atoms with Crippen molar-refractivity contribution in [3.8, 4) is 0 Å². The number of hydrogen-bond donors (Lipinski definition) is 2. The van der Waals surface area contributed by atoms with Crippen molar-refractivity contribution >= 4 is 5.82 Å². The third-order valence-electron chi connectivity index (χ3n) is 3.85. The average molecular weight is 272 g/mol. The Morgan fingerprint density at radius 1 is 1.40 bits per heavy atom. The van der Waals surface area contributed by atoms with Gasteiger partial charge in [-0.2, -0.15) is 5.10 Å². The lowest BCUT2D eigenvalue weighted by atomic mass is 10.0. The van der Waals surface area contributed by atoms with Crippen LogP contribution in [-0.2, 0) is 0 Å². The van der Waals surface area contributed by atoms with Crippen molar-refractivity contribution in [1.29, 1.82) is 0 Å². The van der Waals surface area contributed by atoms with Crippen molar-refractivity contribution in [2.45, 2.75) is 31.8 Å². The first-order chi connectivity index (χ1) is 9.83. The van der Waals surface area contributed by atoms with Crippen LogP contribution >= 0.6 is 0 Å². The van der Waals surface area contributed by atoms with Crippen LogP contribution in [0.3, 0.4) is 0 Å². The van der Waals surface area contributed by atoms with Crippen molar-refractivity contribution in [2.75, 3.05) is 18.0 Å². The van der Waals surface area contributed by atoms with Crippen molar-refractivity contribution in [3.05, 3.63) is 36.5 Å². The van der Waals surface area contributed by atoms with E-state index >= 15 is 0 Å². The van der Waals surface area contributed by atoms with Crippen molar-refractivity contribution in [1.82, 2.24) is 25.5 Å². The van der Waals surface area contributed by atoms with Gasteiger partial charge in [-0.15, -0.1) is 5.10 Å². The van der Waals surface area contributed by atoms with Gasteiger partial charge in [0.2, 0.25) is 0 Å². The van der Waals surface area contributed by atoms with Gasteiger partial charge >= 0.3 is 0 Å². The summed E-state index contributed by atoms with van der Waals surface area (Å²) >= 11 is 0. The van der Waals surface area contributed by atoms with E-state index in [9.17, 15) is 0 Å². The van der Waals surface area contributed by atoms with E-state index in [1.807, 2.05) is 18.3 Å². The van der Waals surface area contributed by atoms with Crippen LogP contribution in [0.1, 0.15) is 31.5 Å². The van der Waals surface area contributed by atoms with Gasteiger partial charge in [-0.3, -0.25) is 0 Å². The number of aromatic nitrogens is 4. The maximum Gasteiger partial charge on any atom is 0.151 e. The molecule has 0 aliphatic carbocycles. The summed E-state index contributed by atoms with van der Waals surface area (Å²) in [5, 5.41) is 11.8. The minimum absolute atomic E-state index is 0.311. The van der Waals surface area contributed by atoms with Crippen molar-refractivity contribution in [3.63, 3.8) is 0 Å². The van der Waals surface area contributed by atoms with Gasteiger partial charge in [0.15, 0.2) is 5.82 Å². The fraction of sp³-hybridized carbons (Fsp3) is 0.500. The molecule has 20 heavy (non-hydrogen) atoms. The molecule has 0 radical (unpaired) electrons. The Morgan fingerprint density at radius 3 is 2.90 bits per heavy atom. The predicted molar refractivity (Wildman–Crippen MR) is 77.4 cm³/mol. The summed E-state index contributed by atoms with van der Waals surface area (Å²) in [6.07, 6.45) is 7.56. The second-order valence-electron chi connectivity index (χ2n) is 5.24. The van der Waals surface area contributed by atoms with Crippen LogP contribution in [0.5, 0.6) is 0 Å². The highest BCUT2D eigenvalue weighted by atomic mass is 15.3. The molecule has 1 fully saturated rings. The molecule has 2 aromatic rings. The van der Waals surface area contributed by atoms with E-state index in [1.165, 1.54) is 0 Å². The zero-order valence-corrected chi connectivity index (χ0v) is 11.7. The molecular formula is C14H20N6. The van der Waals surface area contributed by atoms with Crippen molar-refractivity contribution in [2.24, 2.45) is 0 Å². The van der Waals surface area contributed by atoms with Gasteiger partial charge in [-0.1, -0.05) is 0 Å². The SMILES string of the molecule is CC(NC1CCN(c2cccnn2)CC1)c1cnc[nH]1. The summed E-state index contributed by atoms with van der Waals surface area (Å²) in [4.78, 5) is 9.53. The minimum atomic E-state index is 0.311. The van der Waals surface area contributed by atoms with Gasteiger partial charge in [0.05, 0.1) is 12.0 Å². The summed E-state index contributed by atoms with van der Waals surface area (Å²) in [7, 11) is 0. The van der Waals surface area contributed by atoms with Gasteiger partial charge in [-0.05, 0) is 31.9 Å². The molecule has 3 rings (SSSR count). The van der Waals surface area contributed by atoms with E-state index in [0.717, 1.165) is 37.4 Å². The molecule has 1 saturated heterocycles. The van der Waals surface area contributed by atoms with Crippen molar-refractivity contribution < 1.29 is 0 Å². The monoisotopic (exact) mass is 272 g/mol. The molecule has 6 heteroatoms. The van der Waals surface area contributed by atoms with Crippen LogP contribution in [0.15, 0.2) is 30.9 Å². The molecular weight excluding hydrogens is 252 g/mol. The molecule has 0 aromatic carbocycles. The highest BCUT2D eigenvalue weighted by Gasteiger charge is 2.21. The number of imidazole rings is 1. The largest absolute Gasteiger partial charge is 0.355 e. The van der Waals surface area contributed by atoms with E-state index in [1.54, 1.807) is 12.5 Å². The Balaban J connectivity index is 1.51. The van der Waals surface area contributed by atoms with Crippen LogP contribution in [0, 0.1) is 0 Å². The lowest BCUT2D eigenvalue weighted by Crippen LogP contribution is -2.43. The summed E-state index contributed by atoms with van der Waals surface area (Å²) in [5.41, 5.74) is 1.14. The first-order valence-corrected chi connectivity index (χ1v) is 7.10. The standard InChI is InChI=1S/C14H20N6/c1-11(13-9-15-10-16-13)18-12-4-7-20(8-5-12)14-3-2-6-17-19-14/h2-3,6,9-12,18H,4-5,7-8H2,1H3,(H,15,16). The zero-order valence-electron chi connectivity index (χ0n) is 11.7. The molecule has 2 N–H and O–H groups in total. The fourth-order valence-corrected chi connectivity index (χ4v) is 2.68. The molecule has 0 spiro atoms. The number of hydrogen-bond acceptors (Lipinski definition) is 5. The molecule has 1 unspecified atom stereocenters. The first-order valence-electron chi connectivity index (χ1n) is 7.10. The van der Waals surface area contributed by atoms with Gasteiger partial charge in [0, 0.05) is 37.6 Å². The molecule has 0 saturated carbocycles. The smallest absolute Gasteiger partial charge is 0.151 e. The van der Waals surface area contributed by atoms with Gasteiger partial charge < -0.3 is 15.2 Å². The Bertz CT molecular complexity index is 504. The minimum Gasteiger partial charge on any atom is -0.355 e. The molecule has 6 nitrogen and oxygen atoms in total. The second kappa shape index (κ2) is 6.00. The van der Waals surface area contributed by atoms with Crippen LogP contribution in [-0.4, -0.2) is 39.3 Å². The Morgan fingerprint density at radius 2 is 2.25 bits per heavy atom. The summed E-state index contributed by atoms with van der Waals surface area (Å²) in [6, 6.07) is 4.81. The number of anilines is 1. The topological polar surface area (TPSA) is 69.7 Å². The molecule has 2 aromatic heterocycles. The molecule has 1 aliphatic rings. The maximum absolute atomic E-state index is 4.17. The van der Waals surface area contributed by atoms with E-state index in [0.29, 0.717) is 12.1 Å². The Labute approximate surface area is 118 Å². The molecule has 1 atom stereocenters. The zero-order chi connectivity index (χ0) is 13.8. The van der Waals surface area contributed by atoms with Crippen LogP contribution in [0.2, 0.25) is 0 Å². The number of aromatic amines is 1. The number of rotatable bonds is 4. The molecule has 0 bridgehead atoms. The van der Waals surface area contributed by atoms with Crippen LogP contribution < -0.4 is 10.2 Å². The normalized spacial score (nSPS) is 18.1. The first kappa shape index (κ1) is 13.1. The van der Waals surface area contributed by atoms with Gasteiger partial charge in [0.25, 0.3) is 0 Å². The maximum atomic E-state index is 4.17. The molecule has 1 aliphatic heterocycles. The second-order valence-corrected chi connectivity index (χ2v) is 5.24. The van der Waals surface area contributed by atoms with Gasteiger partial charge in [0.1, 0.15) is 0 Å². The molecule has 3 heterocycles. The molecule has 106 valence electrons. The highest BCUT2D eigenvalue weighted by Crippen LogP contribution is 2.19. The summed E-state index contributed by atoms with van der Waals surface area (Å²) < 4.78 is 0. The average Bonchev–Trinajstić information content (AvgIpc) is 3.03. The quantitative estimate of drug-likeness (QED) is 0.883. The third-order valence-corrected chi connectivity index (χ3v) is 3.85.